The van der Waals surface area contributed by atoms with Gasteiger partial charge >= 0.3 is 0 Å². The lowest BCUT2D eigenvalue weighted by atomic mass is 10.1. The van der Waals surface area contributed by atoms with E-state index in [2.05, 4.69) is 6.07 Å². The van der Waals surface area contributed by atoms with E-state index in [9.17, 15) is 0 Å². The van der Waals surface area contributed by atoms with Crippen molar-refractivity contribution in [3.8, 4) is 11.8 Å². The van der Waals surface area contributed by atoms with Crippen molar-refractivity contribution in [1.82, 2.24) is 0 Å². The van der Waals surface area contributed by atoms with Gasteiger partial charge in [0.15, 0.2) is 0 Å². The summed E-state index contributed by atoms with van der Waals surface area (Å²) in [6.07, 6.45) is 0.998. The van der Waals surface area contributed by atoms with Crippen molar-refractivity contribution in [3.63, 3.8) is 0 Å². The number of rotatable bonds is 2. The molecule has 0 amide bonds. The lowest BCUT2D eigenvalue weighted by molar-refractivity contribution is 0.141. The first kappa shape index (κ1) is 10.0. The van der Waals surface area contributed by atoms with Gasteiger partial charge in [0.2, 0.25) is 0 Å². The van der Waals surface area contributed by atoms with E-state index in [1.54, 1.807) is 0 Å². The molecule has 1 fully saturated rings. The molecule has 0 aromatic heterocycles. The third-order valence-electron chi connectivity index (χ3n) is 2.53. The first-order chi connectivity index (χ1) is 7.31. The number of nitrogens with zero attached hydrogens (tertiary/aromatic N) is 1. The third-order valence-corrected chi connectivity index (χ3v) is 2.53. The van der Waals surface area contributed by atoms with Gasteiger partial charge in [-0.2, -0.15) is 5.26 Å². The van der Waals surface area contributed by atoms with Gasteiger partial charge in [-0.25, -0.2) is 0 Å². The van der Waals surface area contributed by atoms with E-state index in [-0.39, 0.29) is 6.10 Å². The fraction of sp³-hybridized carbons (Fsp3) is 0.417. The predicted octanol–water partition coefficient (Wildman–Crippen LogP) is 2.03. The molecule has 1 atom stereocenters. The molecule has 78 valence electrons. The predicted molar refractivity (Wildman–Crippen MR) is 55.7 cm³/mol. The number of hydrogen-bond donors (Lipinski definition) is 0. The van der Waals surface area contributed by atoms with Crippen molar-refractivity contribution in [2.24, 2.45) is 0 Å². The number of nitriles is 1. The lowest BCUT2D eigenvalue weighted by Gasteiger charge is -2.13. The van der Waals surface area contributed by atoms with Crippen molar-refractivity contribution >= 4 is 0 Å². The van der Waals surface area contributed by atoms with E-state index >= 15 is 0 Å². The normalized spacial score (nSPS) is 19.9. The Morgan fingerprint density at radius 2 is 2.40 bits per heavy atom. The van der Waals surface area contributed by atoms with Crippen LogP contribution in [0.25, 0.3) is 0 Å². The zero-order chi connectivity index (χ0) is 10.7. The van der Waals surface area contributed by atoms with Gasteiger partial charge in [-0.1, -0.05) is 12.1 Å². The van der Waals surface area contributed by atoms with Crippen LogP contribution in [-0.2, 0) is 4.74 Å². The average Bonchev–Trinajstić information content (AvgIpc) is 2.71. The minimum Gasteiger partial charge on any atom is -0.487 e. The number of aryl methyl sites for hydroxylation is 1. The van der Waals surface area contributed by atoms with Gasteiger partial charge in [-0.3, -0.25) is 0 Å². The van der Waals surface area contributed by atoms with Gasteiger partial charge in [-0.05, 0) is 18.6 Å². The summed E-state index contributed by atoms with van der Waals surface area (Å²) >= 11 is 0. The van der Waals surface area contributed by atoms with Crippen molar-refractivity contribution in [2.45, 2.75) is 19.4 Å². The summed E-state index contributed by atoms with van der Waals surface area (Å²) in [6, 6.07) is 7.83. The second-order valence-corrected chi connectivity index (χ2v) is 3.66. The Bertz CT molecular complexity index is 389. The monoisotopic (exact) mass is 203 g/mol. The first-order valence-corrected chi connectivity index (χ1v) is 5.05. The van der Waals surface area contributed by atoms with E-state index in [0.717, 1.165) is 18.6 Å². The molecule has 2 rings (SSSR count). The van der Waals surface area contributed by atoms with Crippen LogP contribution >= 0.6 is 0 Å². The lowest BCUT2D eigenvalue weighted by Crippen LogP contribution is -2.16. The summed E-state index contributed by atoms with van der Waals surface area (Å²) in [7, 11) is 0. The minimum absolute atomic E-state index is 0.0962. The maximum Gasteiger partial charge on any atom is 0.137 e. The molecule has 0 radical (unpaired) electrons. The second-order valence-electron chi connectivity index (χ2n) is 3.66. The molecule has 1 heterocycles. The molecule has 0 bridgehead atoms. The highest BCUT2D eigenvalue weighted by Gasteiger charge is 2.18. The smallest absolute Gasteiger partial charge is 0.137 e. The standard InChI is InChI=1S/C12H13NO2/c1-9-3-2-4-12(11(9)7-13)15-10-5-6-14-8-10/h2-4,10H,5-6,8H2,1H3. The van der Waals surface area contributed by atoms with Crippen LogP contribution in [0.5, 0.6) is 5.75 Å². The van der Waals surface area contributed by atoms with Crippen molar-refractivity contribution in [1.29, 1.82) is 5.26 Å². The van der Waals surface area contributed by atoms with Crippen LogP contribution < -0.4 is 4.74 Å². The van der Waals surface area contributed by atoms with Crippen LogP contribution in [0, 0.1) is 18.3 Å². The molecule has 0 saturated carbocycles. The Morgan fingerprint density at radius 1 is 1.53 bits per heavy atom. The summed E-state index contributed by atoms with van der Waals surface area (Å²) in [5.41, 5.74) is 1.58. The maximum atomic E-state index is 9.01. The summed E-state index contributed by atoms with van der Waals surface area (Å²) in [5, 5.41) is 9.01. The van der Waals surface area contributed by atoms with Crippen LogP contribution in [0.4, 0.5) is 0 Å². The van der Waals surface area contributed by atoms with Gasteiger partial charge in [-0.15, -0.1) is 0 Å². The molecule has 0 N–H and O–H groups in total. The average molecular weight is 203 g/mol. The molecule has 3 heteroatoms. The van der Waals surface area contributed by atoms with Crippen LogP contribution in [-0.4, -0.2) is 19.3 Å². The fourth-order valence-corrected chi connectivity index (χ4v) is 1.67. The highest BCUT2D eigenvalue weighted by atomic mass is 16.5. The van der Waals surface area contributed by atoms with Gasteiger partial charge < -0.3 is 9.47 Å². The molecule has 1 aliphatic heterocycles. The van der Waals surface area contributed by atoms with Gasteiger partial charge in [0.05, 0.1) is 18.8 Å². The molecule has 1 unspecified atom stereocenters. The van der Waals surface area contributed by atoms with Gasteiger partial charge in [0.1, 0.15) is 17.9 Å². The molecule has 0 aliphatic carbocycles. The molecule has 15 heavy (non-hydrogen) atoms. The van der Waals surface area contributed by atoms with E-state index < -0.39 is 0 Å². The minimum atomic E-state index is 0.0962. The van der Waals surface area contributed by atoms with Crippen molar-refractivity contribution < 1.29 is 9.47 Å². The Morgan fingerprint density at radius 3 is 3.07 bits per heavy atom. The second kappa shape index (κ2) is 4.33. The van der Waals surface area contributed by atoms with Crippen molar-refractivity contribution in [3.05, 3.63) is 29.3 Å². The SMILES string of the molecule is Cc1cccc(OC2CCOC2)c1C#N. The Kier molecular flexibility index (Phi) is 2.89. The summed E-state index contributed by atoms with van der Waals surface area (Å²) < 4.78 is 11.0. The third kappa shape index (κ3) is 2.11. The molecular weight excluding hydrogens is 190 g/mol. The van der Waals surface area contributed by atoms with E-state index in [1.807, 2.05) is 25.1 Å². The van der Waals surface area contributed by atoms with Crippen LogP contribution in [0.15, 0.2) is 18.2 Å². The Balaban J connectivity index is 2.20. The molecular formula is C12H13NO2. The molecule has 1 aliphatic rings. The van der Waals surface area contributed by atoms with E-state index in [1.165, 1.54) is 0 Å². The Hall–Kier alpha value is -1.53. The molecule has 1 aromatic rings. The first-order valence-electron chi connectivity index (χ1n) is 5.05. The topological polar surface area (TPSA) is 42.2 Å². The van der Waals surface area contributed by atoms with Crippen LogP contribution in [0.1, 0.15) is 17.5 Å². The highest BCUT2D eigenvalue weighted by molar-refractivity contribution is 5.48. The zero-order valence-electron chi connectivity index (χ0n) is 8.69. The van der Waals surface area contributed by atoms with E-state index in [0.29, 0.717) is 17.9 Å². The van der Waals surface area contributed by atoms with E-state index in [4.69, 9.17) is 14.7 Å². The summed E-state index contributed by atoms with van der Waals surface area (Å²) in [6.45, 7) is 3.29. The van der Waals surface area contributed by atoms with Crippen molar-refractivity contribution in [2.75, 3.05) is 13.2 Å². The van der Waals surface area contributed by atoms with Gasteiger partial charge in [0, 0.05) is 6.42 Å². The highest BCUT2D eigenvalue weighted by Crippen LogP contribution is 2.23. The quantitative estimate of drug-likeness (QED) is 0.738. The zero-order valence-corrected chi connectivity index (χ0v) is 8.69. The number of benzene rings is 1. The van der Waals surface area contributed by atoms with Crippen LogP contribution in [0.3, 0.4) is 0 Å². The number of hydrogen-bond acceptors (Lipinski definition) is 3. The number of ether oxygens (including phenoxy) is 2. The maximum absolute atomic E-state index is 9.01. The summed E-state index contributed by atoms with van der Waals surface area (Å²) in [5.74, 6) is 0.674. The molecule has 1 saturated heterocycles. The molecule has 3 nitrogen and oxygen atoms in total. The van der Waals surface area contributed by atoms with Crippen LogP contribution in [0.2, 0.25) is 0 Å². The molecule has 1 aromatic carbocycles. The molecule has 0 spiro atoms. The summed E-state index contributed by atoms with van der Waals surface area (Å²) in [4.78, 5) is 0. The Labute approximate surface area is 89.2 Å². The largest absolute Gasteiger partial charge is 0.487 e. The van der Waals surface area contributed by atoms with Gasteiger partial charge in [0.25, 0.3) is 0 Å². The fourth-order valence-electron chi connectivity index (χ4n) is 1.67.